The Morgan fingerprint density at radius 3 is 2.19 bits per heavy atom. The van der Waals surface area contributed by atoms with Gasteiger partial charge in [-0.3, -0.25) is 14.9 Å². The number of sulfonamides is 1. The molecule has 0 heterocycles. The Hall–Kier alpha value is -2.64. The molecule has 2 aromatic carbocycles. The summed E-state index contributed by atoms with van der Waals surface area (Å²) in [7, 11) is -6.06. The maximum absolute atomic E-state index is 13.5. The molecule has 0 aromatic heterocycles. The highest BCUT2D eigenvalue weighted by molar-refractivity contribution is 7.89. The van der Waals surface area contributed by atoms with Gasteiger partial charge in [-0.25, -0.2) is 8.42 Å². The van der Waals surface area contributed by atoms with Crippen LogP contribution < -0.4 is 10.0 Å². The first-order valence-electron chi connectivity index (χ1n) is 12.0. The Labute approximate surface area is 220 Å². The first kappa shape index (κ1) is 30.6. The quantitative estimate of drug-likeness (QED) is 0.195. The van der Waals surface area contributed by atoms with Crippen molar-refractivity contribution < 1.29 is 27.7 Å². The lowest BCUT2D eigenvalue weighted by molar-refractivity contribution is -0.387. The molecule has 2 rings (SSSR count). The maximum Gasteiger partial charge on any atom is 0.326 e. The molecule has 0 amide bonds. The molecular formula is C25H37N3O7SSi. The molecule has 2 unspecified atom stereocenters. The zero-order chi connectivity index (χ0) is 28.0. The molecule has 3 N–H and O–H groups in total. The molecule has 204 valence electrons. The summed E-state index contributed by atoms with van der Waals surface area (Å²) >= 11 is 0. The van der Waals surface area contributed by atoms with Crippen LogP contribution in [-0.4, -0.2) is 57.7 Å². The Balaban J connectivity index is 2.55. The van der Waals surface area contributed by atoms with Gasteiger partial charge >= 0.3 is 5.97 Å². The molecule has 0 aliphatic carbocycles. The van der Waals surface area contributed by atoms with Crippen LogP contribution in [0.5, 0.6) is 0 Å². The highest BCUT2D eigenvalue weighted by Gasteiger charge is 2.48. The number of carbonyl (C=O) groups is 1. The largest absolute Gasteiger partial charge is 0.480 e. The second-order valence-electron chi connectivity index (χ2n) is 10.4. The number of aliphatic carboxylic acids is 1. The molecular weight excluding hydrogens is 514 g/mol. The van der Waals surface area contributed by atoms with Crippen LogP contribution in [0.4, 0.5) is 5.69 Å². The highest BCUT2D eigenvalue weighted by Crippen LogP contribution is 2.28. The SMILES string of the molecule is CC(NCC(O[SiH](C)C)C(C)(C)C)[C@](Cc1ccccc1)(NS(=O)(=O)c1ccccc1[N+](=O)[O-])C(=O)O. The van der Waals surface area contributed by atoms with Crippen molar-refractivity contribution >= 4 is 30.7 Å². The number of para-hydroxylation sites is 1. The average molecular weight is 552 g/mol. The number of rotatable bonds is 13. The van der Waals surface area contributed by atoms with E-state index < -0.39 is 52.1 Å². The molecule has 2 aromatic rings. The van der Waals surface area contributed by atoms with Crippen molar-refractivity contribution in [2.45, 2.75) is 69.8 Å². The Bertz CT molecular complexity index is 1190. The summed E-state index contributed by atoms with van der Waals surface area (Å²) in [5.74, 6) is -1.41. The predicted molar refractivity (Wildman–Crippen MR) is 145 cm³/mol. The molecule has 0 aliphatic heterocycles. The van der Waals surface area contributed by atoms with E-state index in [4.69, 9.17) is 4.43 Å². The van der Waals surface area contributed by atoms with Crippen LogP contribution in [0.1, 0.15) is 33.3 Å². The topological polar surface area (TPSA) is 148 Å². The van der Waals surface area contributed by atoms with Crippen LogP contribution in [0.2, 0.25) is 13.1 Å². The van der Waals surface area contributed by atoms with E-state index >= 15 is 0 Å². The van der Waals surface area contributed by atoms with E-state index in [2.05, 4.69) is 10.0 Å². The van der Waals surface area contributed by atoms with Crippen LogP contribution in [0.15, 0.2) is 59.5 Å². The number of carboxylic acid groups (broad SMARTS) is 1. The van der Waals surface area contributed by atoms with Gasteiger partial charge in [0.05, 0.1) is 11.0 Å². The van der Waals surface area contributed by atoms with Gasteiger partial charge in [0.25, 0.3) is 5.69 Å². The summed E-state index contributed by atoms with van der Waals surface area (Å²) in [5.41, 5.74) is -2.37. The molecule has 0 radical (unpaired) electrons. The lowest BCUT2D eigenvalue weighted by Crippen LogP contribution is -2.67. The average Bonchev–Trinajstić information content (AvgIpc) is 2.80. The second-order valence-corrected chi connectivity index (χ2v) is 14.5. The van der Waals surface area contributed by atoms with Crippen LogP contribution in [0.25, 0.3) is 0 Å². The normalized spacial score (nSPS) is 15.6. The molecule has 0 aliphatic rings. The Kier molecular flexibility index (Phi) is 10.1. The third-order valence-electron chi connectivity index (χ3n) is 6.13. The number of nitrogens with zero attached hydrogens (tertiary/aromatic N) is 1. The predicted octanol–water partition coefficient (Wildman–Crippen LogP) is 3.33. The van der Waals surface area contributed by atoms with E-state index in [9.17, 15) is 28.4 Å². The van der Waals surface area contributed by atoms with E-state index in [0.717, 1.165) is 12.1 Å². The number of hydrogen-bond donors (Lipinski definition) is 3. The zero-order valence-corrected chi connectivity index (χ0v) is 24.1. The van der Waals surface area contributed by atoms with Crippen molar-refractivity contribution in [3.05, 3.63) is 70.3 Å². The van der Waals surface area contributed by atoms with Gasteiger partial charge in [-0.05, 0) is 37.1 Å². The van der Waals surface area contributed by atoms with Gasteiger partial charge < -0.3 is 14.8 Å². The molecule has 12 heteroatoms. The Morgan fingerprint density at radius 1 is 1.11 bits per heavy atom. The first-order chi connectivity index (χ1) is 17.1. The van der Waals surface area contributed by atoms with Crippen molar-refractivity contribution in [1.82, 2.24) is 10.0 Å². The number of benzene rings is 2. The third kappa shape index (κ3) is 7.92. The smallest absolute Gasteiger partial charge is 0.326 e. The summed E-state index contributed by atoms with van der Waals surface area (Å²) < 4.78 is 35.5. The van der Waals surface area contributed by atoms with Gasteiger partial charge in [-0.1, -0.05) is 63.2 Å². The number of nitro groups is 1. The fourth-order valence-corrected chi connectivity index (χ4v) is 6.74. The van der Waals surface area contributed by atoms with Gasteiger partial charge in [-0.15, -0.1) is 0 Å². The molecule has 0 spiro atoms. The van der Waals surface area contributed by atoms with Crippen LogP contribution in [-0.2, 0) is 25.7 Å². The van der Waals surface area contributed by atoms with Gasteiger partial charge in [-0.2, -0.15) is 4.72 Å². The third-order valence-corrected chi connectivity index (χ3v) is 8.56. The summed E-state index contributed by atoms with van der Waals surface area (Å²) in [5, 5.41) is 25.2. The molecule has 10 nitrogen and oxygen atoms in total. The monoisotopic (exact) mass is 551 g/mol. The minimum absolute atomic E-state index is 0.197. The fraction of sp³-hybridized carbons (Fsp3) is 0.480. The minimum Gasteiger partial charge on any atom is -0.480 e. The fourth-order valence-electron chi connectivity index (χ4n) is 3.97. The van der Waals surface area contributed by atoms with Gasteiger partial charge in [0.1, 0.15) is 5.54 Å². The lowest BCUT2D eigenvalue weighted by Gasteiger charge is -2.39. The summed E-state index contributed by atoms with van der Waals surface area (Å²) in [6.45, 7) is 12.0. The van der Waals surface area contributed by atoms with E-state index in [-0.39, 0.29) is 24.5 Å². The Morgan fingerprint density at radius 2 is 1.68 bits per heavy atom. The van der Waals surface area contributed by atoms with Crippen molar-refractivity contribution in [2.75, 3.05) is 6.54 Å². The summed E-state index contributed by atoms with van der Waals surface area (Å²) in [4.78, 5) is 23.0. The summed E-state index contributed by atoms with van der Waals surface area (Å²) in [6.07, 6.45) is -0.436. The molecule has 37 heavy (non-hydrogen) atoms. The van der Waals surface area contributed by atoms with Crippen molar-refractivity contribution in [1.29, 1.82) is 0 Å². The number of carboxylic acids is 1. The van der Waals surface area contributed by atoms with Crippen molar-refractivity contribution in [2.24, 2.45) is 5.41 Å². The summed E-state index contributed by atoms with van der Waals surface area (Å²) in [6, 6.07) is 12.6. The highest BCUT2D eigenvalue weighted by atomic mass is 32.2. The van der Waals surface area contributed by atoms with E-state index in [0.29, 0.717) is 5.56 Å². The van der Waals surface area contributed by atoms with E-state index in [1.807, 2.05) is 33.9 Å². The lowest BCUT2D eigenvalue weighted by atomic mass is 9.84. The van der Waals surface area contributed by atoms with Crippen molar-refractivity contribution in [3.8, 4) is 0 Å². The van der Waals surface area contributed by atoms with E-state index in [1.54, 1.807) is 37.3 Å². The molecule has 0 bridgehead atoms. The first-order valence-corrected chi connectivity index (χ1v) is 16.3. The number of nitrogens with one attached hydrogen (secondary N) is 2. The molecule has 0 saturated heterocycles. The van der Waals surface area contributed by atoms with Crippen LogP contribution >= 0.6 is 0 Å². The minimum atomic E-state index is -4.63. The van der Waals surface area contributed by atoms with Crippen LogP contribution in [0.3, 0.4) is 0 Å². The van der Waals surface area contributed by atoms with Gasteiger partial charge in [0, 0.05) is 25.1 Å². The van der Waals surface area contributed by atoms with Crippen molar-refractivity contribution in [3.63, 3.8) is 0 Å². The van der Waals surface area contributed by atoms with Gasteiger partial charge in [0.2, 0.25) is 10.0 Å². The number of hydrogen-bond acceptors (Lipinski definition) is 7. The number of nitro benzene ring substituents is 1. The molecule has 3 atom stereocenters. The van der Waals surface area contributed by atoms with Gasteiger partial charge in [0.15, 0.2) is 13.9 Å². The molecule has 0 fully saturated rings. The van der Waals surface area contributed by atoms with E-state index in [1.165, 1.54) is 12.1 Å². The zero-order valence-electron chi connectivity index (χ0n) is 22.1. The standard InChI is InChI=1S/C25H37N3O7SSi/c1-18(26-17-22(24(2,3)4)35-37(5)6)25(23(29)30,16-19-12-8-7-9-13-19)27-36(33,34)21-15-11-10-14-20(21)28(31)32/h7-15,18,22,26-27,37H,16-17H2,1-6H3,(H,29,30)/t18?,22?,25-/m0/s1. The second kappa shape index (κ2) is 12.3. The molecule has 0 saturated carbocycles. The van der Waals surface area contributed by atoms with Crippen LogP contribution in [0, 0.1) is 15.5 Å². The maximum atomic E-state index is 13.5.